The topological polar surface area (TPSA) is 96.4 Å². The fourth-order valence-electron chi connectivity index (χ4n) is 6.37. The molecule has 3 aliphatic rings. The molecule has 0 spiro atoms. The lowest BCUT2D eigenvalue weighted by Gasteiger charge is -2.36. The van der Waals surface area contributed by atoms with Crippen LogP contribution in [0.15, 0.2) is 30.5 Å². The van der Waals surface area contributed by atoms with Crippen molar-refractivity contribution in [3.8, 4) is 5.75 Å². The van der Waals surface area contributed by atoms with Crippen LogP contribution in [-0.4, -0.2) is 63.0 Å². The Labute approximate surface area is 213 Å². The maximum absolute atomic E-state index is 15.9. The molecule has 0 bridgehead atoms. The molecule has 0 radical (unpaired) electrons. The summed E-state index contributed by atoms with van der Waals surface area (Å²) in [6, 6.07) is 5.44. The molecule has 196 valence electrons. The van der Waals surface area contributed by atoms with Crippen molar-refractivity contribution in [2.45, 2.75) is 76.7 Å². The molecule has 0 amide bonds. The van der Waals surface area contributed by atoms with Gasteiger partial charge in [0.15, 0.2) is 0 Å². The molecule has 1 saturated carbocycles. The Kier molecular flexibility index (Phi) is 7.49. The number of rotatable bonds is 7. The Hall–Kier alpha value is -2.26. The van der Waals surface area contributed by atoms with Crippen LogP contribution >= 0.6 is 0 Å². The highest BCUT2D eigenvalue weighted by Gasteiger charge is 2.48. The summed E-state index contributed by atoms with van der Waals surface area (Å²) in [7, 11) is 0. The highest BCUT2D eigenvalue weighted by Crippen LogP contribution is 2.45. The maximum atomic E-state index is 15.9. The van der Waals surface area contributed by atoms with Crippen molar-refractivity contribution in [3.63, 3.8) is 0 Å². The van der Waals surface area contributed by atoms with Crippen LogP contribution in [-0.2, 0) is 6.42 Å². The number of halogens is 1. The number of H-pyrrole nitrogens is 1. The van der Waals surface area contributed by atoms with Crippen LogP contribution in [0.3, 0.4) is 0 Å². The SMILES string of the molecule is CCc1cc(O)ccc1C1CCC2C(c3ncc(C4=CC[C@H](C)N(C[C@@H](C)CO)C4)[nH]3)NNC2C1F. The molecular formula is C28H40FN5O2. The van der Waals surface area contributed by atoms with E-state index in [1.165, 1.54) is 5.57 Å². The molecule has 36 heavy (non-hydrogen) atoms. The number of benzene rings is 1. The second-order valence-corrected chi connectivity index (χ2v) is 11.0. The molecule has 5 rings (SSSR count). The lowest BCUT2D eigenvalue weighted by Crippen LogP contribution is -2.45. The molecule has 2 aromatic rings. The zero-order chi connectivity index (χ0) is 25.4. The molecule has 1 aliphatic carbocycles. The van der Waals surface area contributed by atoms with Gasteiger partial charge in [-0.1, -0.05) is 26.0 Å². The number of alkyl halides is 1. The van der Waals surface area contributed by atoms with Gasteiger partial charge in [0.05, 0.1) is 24.0 Å². The van der Waals surface area contributed by atoms with E-state index >= 15 is 4.39 Å². The number of nitrogens with one attached hydrogen (secondary N) is 3. The number of hydrogen-bond acceptors (Lipinski definition) is 6. The van der Waals surface area contributed by atoms with Gasteiger partial charge in [-0.2, -0.15) is 0 Å². The summed E-state index contributed by atoms with van der Waals surface area (Å²) < 4.78 is 15.9. The first-order valence-corrected chi connectivity index (χ1v) is 13.5. The number of nitrogens with zero attached hydrogens (tertiary/aromatic N) is 2. The average molecular weight is 498 g/mol. The number of aromatic amines is 1. The van der Waals surface area contributed by atoms with Gasteiger partial charge in [0.2, 0.25) is 0 Å². The van der Waals surface area contributed by atoms with Gasteiger partial charge in [-0.05, 0) is 67.4 Å². The minimum Gasteiger partial charge on any atom is -0.508 e. The normalized spacial score (nSPS) is 31.8. The number of aliphatic hydroxyl groups is 1. The third kappa shape index (κ3) is 4.84. The zero-order valence-electron chi connectivity index (χ0n) is 21.5. The number of aromatic hydroxyl groups is 1. The standard InChI is InChI=1S/C28H40FN5O2/c1-4-18-11-20(36)7-8-21(18)22-9-10-23-26(25(22)29)32-33-27(23)28-30-12-24(31-28)19-6-5-17(3)34(14-19)13-16(2)15-35/h6-8,11-12,16-17,22-23,25-27,32-33,35-36H,4-5,9-10,13-15H2,1-3H3,(H,30,31)/t16-,17+,22?,23?,25?,26?,27?/m1/s1. The van der Waals surface area contributed by atoms with Gasteiger partial charge in [-0.25, -0.2) is 14.8 Å². The number of fused-ring (bicyclic) bond motifs is 1. The number of aliphatic hydroxyl groups excluding tert-OH is 1. The van der Waals surface area contributed by atoms with Crippen molar-refractivity contribution in [1.82, 2.24) is 25.7 Å². The molecule has 2 aliphatic heterocycles. The summed E-state index contributed by atoms with van der Waals surface area (Å²) in [6.07, 6.45) is 6.59. The van der Waals surface area contributed by atoms with Crippen LogP contribution in [0, 0.1) is 11.8 Å². The van der Waals surface area contributed by atoms with Gasteiger partial charge < -0.3 is 15.2 Å². The number of imidazole rings is 1. The fourth-order valence-corrected chi connectivity index (χ4v) is 6.37. The predicted octanol–water partition coefficient (Wildman–Crippen LogP) is 3.83. The Bertz CT molecular complexity index is 1090. The van der Waals surface area contributed by atoms with Crippen molar-refractivity contribution in [3.05, 3.63) is 53.1 Å². The van der Waals surface area contributed by atoms with Crippen molar-refractivity contribution in [2.75, 3.05) is 19.7 Å². The minimum atomic E-state index is -1.02. The number of hydrogen-bond donors (Lipinski definition) is 5. The highest BCUT2D eigenvalue weighted by molar-refractivity contribution is 5.64. The summed E-state index contributed by atoms with van der Waals surface area (Å²) in [6.45, 7) is 8.25. The van der Waals surface area contributed by atoms with E-state index in [9.17, 15) is 10.2 Å². The van der Waals surface area contributed by atoms with Gasteiger partial charge in [-0.15, -0.1) is 0 Å². The Morgan fingerprint density at radius 1 is 1.25 bits per heavy atom. The Morgan fingerprint density at radius 2 is 2.08 bits per heavy atom. The van der Waals surface area contributed by atoms with E-state index in [-0.39, 0.29) is 42.2 Å². The third-order valence-corrected chi connectivity index (χ3v) is 8.54. The summed E-state index contributed by atoms with van der Waals surface area (Å²) >= 11 is 0. The molecule has 1 aromatic heterocycles. The molecule has 2 fully saturated rings. The van der Waals surface area contributed by atoms with Crippen LogP contribution < -0.4 is 10.9 Å². The van der Waals surface area contributed by atoms with Gasteiger partial charge in [-0.3, -0.25) is 10.3 Å². The first-order chi connectivity index (χ1) is 17.4. The number of aryl methyl sites for hydroxylation is 1. The molecule has 1 saturated heterocycles. The first-order valence-electron chi connectivity index (χ1n) is 13.5. The van der Waals surface area contributed by atoms with Crippen molar-refractivity contribution in [2.24, 2.45) is 11.8 Å². The summed E-state index contributed by atoms with van der Waals surface area (Å²) in [5, 5.41) is 19.4. The monoisotopic (exact) mass is 497 g/mol. The van der Waals surface area contributed by atoms with Crippen molar-refractivity contribution < 1.29 is 14.6 Å². The van der Waals surface area contributed by atoms with Crippen LogP contribution in [0.25, 0.3) is 5.57 Å². The van der Waals surface area contributed by atoms with E-state index in [0.717, 1.165) is 61.4 Å². The fraction of sp³-hybridized carbons (Fsp3) is 0.607. The van der Waals surface area contributed by atoms with Crippen molar-refractivity contribution in [1.29, 1.82) is 0 Å². The van der Waals surface area contributed by atoms with E-state index < -0.39 is 6.17 Å². The number of phenols is 1. The molecule has 3 heterocycles. The van der Waals surface area contributed by atoms with Crippen LogP contribution in [0.2, 0.25) is 0 Å². The van der Waals surface area contributed by atoms with E-state index in [1.807, 2.05) is 19.2 Å². The summed E-state index contributed by atoms with van der Waals surface area (Å²) in [4.78, 5) is 10.7. The number of aromatic nitrogens is 2. The Morgan fingerprint density at radius 3 is 2.86 bits per heavy atom. The van der Waals surface area contributed by atoms with E-state index in [0.29, 0.717) is 6.04 Å². The number of hydrazine groups is 1. The molecule has 7 nitrogen and oxygen atoms in total. The molecule has 8 heteroatoms. The minimum absolute atomic E-state index is 0.0676. The second kappa shape index (κ2) is 10.6. The molecular weight excluding hydrogens is 457 g/mol. The Balaban J connectivity index is 1.29. The predicted molar refractivity (Wildman–Crippen MR) is 139 cm³/mol. The summed E-state index contributed by atoms with van der Waals surface area (Å²) in [5.41, 5.74) is 10.9. The second-order valence-electron chi connectivity index (χ2n) is 11.0. The molecule has 7 atom stereocenters. The molecule has 5 unspecified atom stereocenters. The van der Waals surface area contributed by atoms with Gasteiger partial charge in [0.1, 0.15) is 17.7 Å². The van der Waals surface area contributed by atoms with E-state index in [1.54, 1.807) is 12.1 Å². The van der Waals surface area contributed by atoms with Crippen LogP contribution in [0.5, 0.6) is 5.75 Å². The van der Waals surface area contributed by atoms with Crippen LogP contribution in [0.4, 0.5) is 4.39 Å². The zero-order valence-corrected chi connectivity index (χ0v) is 21.5. The van der Waals surface area contributed by atoms with E-state index in [2.05, 4.69) is 40.7 Å². The van der Waals surface area contributed by atoms with Crippen LogP contribution in [0.1, 0.15) is 74.6 Å². The lowest BCUT2D eigenvalue weighted by molar-refractivity contribution is 0.135. The van der Waals surface area contributed by atoms with Crippen molar-refractivity contribution >= 4 is 5.57 Å². The molecule has 1 aromatic carbocycles. The highest BCUT2D eigenvalue weighted by atomic mass is 19.1. The first kappa shape index (κ1) is 25.4. The van der Waals surface area contributed by atoms with Gasteiger partial charge in [0, 0.05) is 37.6 Å². The van der Waals surface area contributed by atoms with E-state index in [4.69, 9.17) is 4.98 Å². The lowest BCUT2D eigenvalue weighted by atomic mass is 9.71. The average Bonchev–Trinajstić information content (AvgIpc) is 3.53. The largest absolute Gasteiger partial charge is 0.508 e. The smallest absolute Gasteiger partial charge is 0.125 e. The third-order valence-electron chi connectivity index (χ3n) is 8.54. The van der Waals surface area contributed by atoms with Gasteiger partial charge >= 0.3 is 0 Å². The maximum Gasteiger partial charge on any atom is 0.125 e. The van der Waals surface area contributed by atoms with Gasteiger partial charge in [0.25, 0.3) is 0 Å². The number of phenolic OH excluding ortho intramolecular Hbond substituents is 1. The summed E-state index contributed by atoms with van der Waals surface area (Å²) in [5.74, 6) is 1.27. The molecule has 5 N–H and O–H groups in total. The quantitative estimate of drug-likeness (QED) is 0.399.